The van der Waals surface area contributed by atoms with Crippen LogP contribution in [0.1, 0.15) is 27.7 Å². The number of nitrogens with one attached hydrogen (secondary N) is 1. The van der Waals surface area contributed by atoms with Gasteiger partial charge in [0.25, 0.3) is 0 Å². The van der Waals surface area contributed by atoms with Gasteiger partial charge in [0.2, 0.25) is 0 Å². The molecule has 4 nitrogen and oxygen atoms in total. The Morgan fingerprint density at radius 1 is 1.04 bits per heavy atom. The molecule has 0 radical (unpaired) electrons. The molecule has 3 N–H and O–H groups in total. The van der Waals surface area contributed by atoms with Crippen molar-refractivity contribution in [2.24, 2.45) is 0 Å². The molecule has 0 amide bonds. The molecule has 0 saturated heterocycles. The van der Waals surface area contributed by atoms with Gasteiger partial charge in [0.1, 0.15) is 5.69 Å². The zero-order chi connectivity index (χ0) is 19.8. The van der Waals surface area contributed by atoms with Crippen molar-refractivity contribution < 1.29 is 28.2 Å². The lowest BCUT2D eigenvalue weighted by atomic mass is 9.97. The molecule has 0 bridgehead atoms. The first-order valence-electron chi connectivity index (χ1n) is 8.06. The third-order valence-corrected chi connectivity index (χ3v) is 4.33. The van der Waals surface area contributed by atoms with Crippen LogP contribution in [0.2, 0.25) is 0 Å². The van der Waals surface area contributed by atoms with Crippen molar-refractivity contribution in [3.8, 4) is 22.4 Å². The Hall–Kier alpha value is -3.06. The lowest BCUT2D eigenvalue weighted by Crippen LogP contribution is -2.20. The Morgan fingerprint density at radius 3 is 2.26 bits per heavy atom. The fourth-order valence-electron chi connectivity index (χ4n) is 3.06. The molecule has 140 valence electrons. The zero-order valence-electron chi connectivity index (χ0n) is 14.2. The number of aromatic nitrogens is 1. The topological polar surface area (TPSA) is 73.3 Å². The Kier molecular flexibility index (Phi) is 4.80. The van der Waals surface area contributed by atoms with Gasteiger partial charge in [0.05, 0.1) is 0 Å². The number of aliphatic hydroxyl groups is 1. The summed E-state index contributed by atoms with van der Waals surface area (Å²) < 4.78 is 38.4. The van der Waals surface area contributed by atoms with Gasteiger partial charge in [-0.1, -0.05) is 48.5 Å². The maximum atomic E-state index is 12.8. The van der Waals surface area contributed by atoms with Gasteiger partial charge in [0.15, 0.2) is 6.10 Å². The SMILES string of the molecule is Cc1c(-c2cccc(C(O)C(F)(F)F)c2)[nH]c(C(=O)O)c1-c1ccccc1. The van der Waals surface area contributed by atoms with E-state index < -0.39 is 18.2 Å². The number of benzene rings is 2. The predicted molar refractivity (Wildman–Crippen MR) is 94.4 cm³/mol. The molecular formula is C20H16F3NO3. The minimum atomic E-state index is -4.79. The quantitative estimate of drug-likeness (QED) is 0.604. The normalized spacial score (nSPS) is 12.8. The zero-order valence-corrected chi connectivity index (χ0v) is 14.2. The number of rotatable bonds is 4. The molecule has 1 unspecified atom stereocenters. The van der Waals surface area contributed by atoms with Gasteiger partial charge in [-0.3, -0.25) is 0 Å². The molecule has 0 spiro atoms. The maximum absolute atomic E-state index is 12.8. The van der Waals surface area contributed by atoms with Gasteiger partial charge in [-0.15, -0.1) is 0 Å². The number of aliphatic hydroxyl groups excluding tert-OH is 1. The second-order valence-electron chi connectivity index (χ2n) is 6.12. The van der Waals surface area contributed by atoms with E-state index in [1.54, 1.807) is 43.3 Å². The van der Waals surface area contributed by atoms with Gasteiger partial charge in [-0.05, 0) is 35.2 Å². The minimum Gasteiger partial charge on any atom is -0.477 e. The first-order chi connectivity index (χ1) is 12.7. The summed E-state index contributed by atoms with van der Waals surface area (Å²) in [4.78, 5) is 14.5. The largest absolute Gasteiger partial charge is 0.477 e. The van der Waals surface area contributed by atoms with Crippen molar-refractivity contribution in [3.05, 3.63) is 71.4 Å². The summed E-state index contributed by atoms with van der Waals surface area (Å²) in [6.07, 6.45) is -7.40. The molecule has 0 saturated carbocycles. The molecule has 1 atom stereocenters. The lowest BCUT2D eigenvalue weighted by molar-refractivity contribution is -0.206. The minimum absolute atomic E-state index is 0.0459. The first kappa shape index (κ1) is 18.7. The van der Waals surface area contributed by atoms with E-state index in [0.29, 0.717) is 27.9 Å². The van der Waals surface area contributed by atoms with Crippen LogP contribution in [-0.4, -0.2) is 27.3 Å². The van der Waals surface area contributed by atoms with E-state index in [0.717, 1.165) is 0 Å². The number of carboxylic acid groups (broad SMARTS) is 1. The molecular weight excluding hydrogens is 359 g/mol. The van der Waals surface area contributed by atoms with Crippen LogP contribution in [0.25, 0.3) is 22.4 Å². The van der Waals surface area contributed by atoms with Gasteiger partial charge in [-0.2, -0.15) is 13.2 Å². The highest BCUT2D eigenvalue weighted by atomic mass is 19.4. The molecule has 3 rings (SSSR count). The number of alkyl halides is 3. The highest BCUT2D eigenvalue weighted by Gasteiger charge is 2.39. The molecule has 1 aromatic heterocycles. The van der Waals surface area contributed by atoms with E-state index in [-0.39, 0.29) is 11.3 Å². The average Bonchev–Trinajstić information content (AvgIpc) is 2.98. The number of aromatic amines is 1. The monoisotopic (exact) mass is 375 g/mol. The fourth-order valence-corrected chi connectivity index (χ4v) is 3.06. The summed E-state index contributed by atoms with van der Waals surface area (Å²) in [5.41, 5.74) is 2.14. The van der Waals surface area contributed by atoms with Crippen LogP contribution in [0, 0.1) is 6.92 Å². The van der Waals surface area contributed by atoms with E-state index in [4.69, 9.17) is 0 Å². The number of hydrogen-bond donors (Lipinski definition) is 3. The third kappa shape index (κ3) is 3.59. The van der Waals surface area contributed by atoms with Crippen LogP contribution in [0.3, 0.4) is 0 Å². The van der Waals surface area contributed by atoms with E-state index in [1.165, 1.54) is 18.2 Å². The molecule has 2 aromatic carbocycles. The van der Waals surface area contributed by atoms with Gasteiger partial charge < -0.3 is 15.2 Å². The molecule has 0 aliphatic rings. The summed E-state index contributed by atoms with van der Waals surface area (Å²) in [7, 11) is 0. The first-order valence-corrected chi connectivity index (χ1v) is 8.06. The van der Waals surface area contributed by atoms with Gasteiger partial charge in [0, 0.05) is 11.3 Å². The summed E-state index contributed by atoms with van der Waals surface area (Å²) in [5, 5.41) is 19.0. The van der Waals surface area contributed by atoms with E-state index in [9.17, 15) is 28.2 Å². The maximum Gasteiger partial charge on any atom is 0.418 e. The van der Waals surface area contributed by atoms with Crippen LogP contribution in [0.4, 0.5) is 13.2 Å². The fraction of sp³-hybridized carbons (Fsp3) is 0.150. The number of halogens is 3. The van der Waals surface area contributed by atoms with Crippen LogP contribution in [0.15, 0.2) is 54.6 Å². The Bertz CT molecular complexity index is 978. The molecule has 3 aromatic rings. The van der Waals surface area contributed by atoms with Crippen LogP contribution in [-0.2, 0) is 0 Å². The molecule has 7 heteroatoms. The second kappa shape index (κ2) is 6.92. The molecule has 0 aliphatic heterocycles. The number of H-pyrrole nitrogens is 1. The highest BCUT2D eigenvalue weighted by Crippen LogP contribution is 2.37. The number of aromatic carboxylic acids is 1. The Balaban J connectivity index is 2.15. The van der Waals surface area contributed by atoms with Gasteiger partial charge in [-0.25, -0.2) is 4.79 Å². The van der Waals surface area contributed by atoms with Crippen LogP contribution >= 0.6 is 0 Å². The molecule has 0 fully saturated rings. The van der Waals surface area contributed by atoms with Crippen LogP contribution in [0.5, 0.6) is 0 Å². The standard InChI is InChI=1S/C20H16F3NO3/c1-11-15(12-6-3-2-4-7-12)17(19(26)27)24-16(11)13-8-5-9-14(10-13)18(25)20(21,22)23/h2-10,18,24-25H,1H3,(H,26,27). The van der Waals surface area contributed by atoms with Crippen molar-refractivity contribution in [1.82, 2.24) is 4.98 Å². The molecule has 0 aliphatic carbocycles. The lowest BCUT2D eigenvalue weighted by Gasteiger charge is -2.15. The number of carboxylic acids is 1. The summed E-state index contributed by atoms with van der Waals surface area (Å²) in [6.45, 7) is 1.70. The summed E-state index contributed by atoms with van der Waals surface area (Å²) >= 11 is 0. The van der Waals surface area contributed by atoms with Crippen LogP contribution < -0.4 is 0 Å². The Labute approximate surface area is 152 Å². The third-order valence-electron chi connectivity index (χ3n) is 4.33. The van der Waals surface area contributed by atoms with Crippen molar-refractivity contribution in [1.29, 1.82) is 0 Å². The van der Waals surface area contributed by atoms with Crippen molar-refractivity contribution in [3.63, 3.8) is 0 Å². The number of carbonyl (C=O) groups is 1. The van der Waals surface area contributed by atoms with Crippen molar-refractivity contribution in [2.45, 2.75) is 19.2 Å². The van der Waals surface area contributed by atoms with E-state index in [1.807, 2.05) is 0 Å². The molecule has 27 heavy (non-hydrogen) atoms. The predicted octanol–water partition coefficient (Wildman–Crippen LogP) is 4.95. The smallest absolute Gasteiger partial charge is 0.418 e. The molecule has 1 heterocycles. The average molecular weight is 375 g/mol. The Morgan fingerprint density at radius 2 is 1.67 bits per heavy atom. The van der Waals surface area contributed by atoms with E-state index in [2.05, 4.69) is 4.98 Å². The van der Waals surface area contributed by atoms with Crippen molar-refractivity contribution in [2.75, 3.05) is 0 Å². The summed E-state index contributed by atoms with van der Waals surface area (Å²) in [5.74, 6) is -1.17. The van der Waals surface area contributed by atoms with Gasteiger partial charge >= 0.3 is 12.1 Å². The van der Waals surface area contributed by atoms with E-state index >= 15 is 0 Å². The van der Waals surface area contributed by atoms with Crippen molar-refractivity contribution >= 4 is 5.97 Å². The second-order valence-corrected chi connectivity index (χ2v) is 6.12. The number of hydrogen-bond acceptors (Lipinski definition) is 2. The highest BCUT2D eigenvalue weighted by molar-refractivity contribution is 5.98. The summed E-state index contributed by atoms with van der Waals surface area (Å²) in [6, 6.07) is 14.2.